The highest BCUT2D eigenvalue weighted by molar-refractivity contribution is 5.93. The Balaban J connectivity index is 2.37. The van der Waals surface area contributed by atoms with Crippen molar-refractivity contribution in [3.05, 3.63) is 52.8 Å². The molecule has 1 atom stereocenters. The van der Waals surface area contributed by atoms with Crippen LogP contribution in [0.25, 0.3) is 5.69 Å². The number of carbonyl (C=O) groups is 2. The summed E-state index contributed by atoms with van der Waals surface area (Å²) < 4.78 is 7.05. The second-order valence-electron chi connectivity index (χ2n) is 5.41. The summed E-state index contributed by atoms with van der Waals surface area (Å²) in [5, 5.41) is 0. The average Bonchev–Trinajstić information content (AvgIpc) is 2.75. The van der Waals surface area contributed by atoms with Gasteiger partial charge in [-0.15, -0.1) is 0 Å². The minimum atomic E-state index is -0.949. The maximum Gasteiger partial charge on any atom is 0.340 e. The van der Waals surface area contributed by atoms with Crippen LogP contribution in [0.1, 0.15) is 34.2 Å². The van der Waals surface area contributed by atoms with Crippen molar-refractivity contribution in [2.75, 3.05) is 0 Å². The van der Waals surface area contributed by atoms with Crippen LogP contribution >= 0.6 is 0 Å². The van der Waals surface area contributed by atoms with Gasteiger partial charge in [0.15, 0.2) is 6.10 Å². The van der Waals surface area contributed by atoms with Crippen LogP contribution in [-0.4, -0.2) is 22.5 Å². The van der Waals surface area contributed by atoms with Crippen LogP contribution in [0.2, 0.25) is 0 Å². The second kappa shape index (κ2) is 6.05. The SMILES string of the molecule is Cc1ccc(-n2c(C)cc(C(=O)O[C@@H](C)C(N)=O)c2C)cc1. The minimum absolute atomic E-state index is 0.436. The van der Waals surface area contributed by atoms with Gasteiger partial charge in [-0.3, -0.25) is 4.79 Å². The molecular weight excluding hydrogens is 280 g/mol. The predicted octanol–water partition coefficient (Wildman–Crippen LogP) is 2.43. The van der Waals surface area contributed by atoms with Crippen molar-refractivity contribution in [3.8, 4) is 5.69 Å². The third-order valence-corrected chi connectivity index (χ3v) is 3.63. The molecule has 22 heavy (non-hydrogen) atoms. The van der Waals surface area contributed by atoms with E-state index in [0.717, 1.165) is 17.1 Å². The van der Waals surface area contributed by atoms with Gasteiger partial charge in [-0.2, -0.15) is 0 Å². The van der Waals surface area contributed by atoms with Crippen molar-refractivity contribution in [1.29, 1.82) is 0 Å². The van der Waals surface area contributed by atoms with E-state index in [-0.39, 0.29) is 0 Å². The lowest BCUT2D eigenvalue weighted by atomic mass is 10.2. The van der Waals surface area contributed by atoms with Crippen molar-refractivity contribution in [1.82, 2.24) is 4.57 Å². The Kier molecular flexibility index (Phi) is 4.35. The number of hydrogen-bond donors (Lipinski definition) is 1. The summed E-state index contributed by atoms with van der Waals surface area (Å²) in [7, 11) is 0. The number of esters is 1. The van der Waals surface area contributed by atoms with Crippen LogP contribution in [0.5, 0.6) is 0 Å². The van der Waals surface area contributed by atoms with Gasteiger partial charge < -0.3 is 15.0 Å². The average molecular weight is 300 g/mol. The molecule has 1 aromatic carbocycles. The van der Waals surface area contributed by atoms with Gasteiger partial charge in [-0.25, -0.2) is 4.79 Å². The van der Waals surface area contributed by atoms with Gasteiger partial charge in [0.1, 0.15) is 0 Å². The number of nitrogens with zero attached hydrogens (tertiary/aromatic N) is 1. The molecule has 1 heterocycles. The third kappa shape index (κ3) is 3.03. The van der Waals surface area contributed by atoms with Gasteiger partial charge >= 0.3 is 5.97 Å². The molecule has 1 aromatic heterocycles. The zero-order valence-electron chi connectivity index (χ0n) is 13.2. The molecule has 0 aliphatic rings. The molecule has 1 amide bonds. The Morgan fingerprint density at radius 3 is 2.27 bits per heavy atom. The van der Waals surface area contributed by atoms with E-state index >= 15 is 0 Å². The number of amides is 1. The summed E-state index contributed by atoms with van der Waals surface area (Å²) in [6.45, 7) is 7.24. The van der Waals surface area contributed by atoms with Crippen molar-refractivity contribution in [2.24, 2.45) is 5.73 Å². The molecule has 2 aromatic rings. The molecule has 116 valence electrons. The lowest BCUT2D eigenvalue weighted by Gasteiger charge is -2.11. The van der Waals surface area contributed by atoms with E-state index in [4.69, 9.17) is 10.5 Å². The molecule has 0 unspecified atom stereocenters. The van der Waals surface area contributed by atoms with Crippen molar-refractivity contribution in [3.63, 3.8) is 0 Å². The van der Waals surface area contributed by atoms with Crippen molar-refractivity contribution >= 4 is 11.9 Å². The van der Waals surface area contributed by atoms with E-state index < -0.39 is 18.0 Å². The second-order valence-corrected chi connectivity index (χ2v) is 5.41. The quantitative estimate of drug-likeness (QED) is 0.881. The fraction of sp³-hybridized carbons (Fsp3) is 0.294. The van der Waals surface area contributed by atoms with Crippen LogP contribution < -0.4 is 5.73 Å². The van der Waals surface area contributed by atoms with Crippen LogP contribution in [0.15, 0.2) is 30.3 Å². The monoisotopic (exact) mass is 300 g/mol. The molecule has 0 spiro atoms. The highest BCUT2D eigenvalue weighted by atomic mass is 16.5. The number of ether oxygens (including phenoxy) is 1. The molecule has 0 aliphatic heterocycles. The molecule has 5 heteroatoms. The Labute approximate surface area is 129 Å². The zero-order valence-corrected chi connectivity index (χ0v) is 13.2. The van der Waals surface area contributed by atoms with Gasteiger partial charge in [0, 0.05) is 17.1 Å². The minimum Gasteiger partial charge on any atom is -0.449 e. The van der Waals surface area contributed by atoms with E-state index in [1.54, 1.807) is 6.07 Å². The van der Waals surface area contributed by atoms with Crippen LogP contribution in [-0.2, 0) is 9.53 Å². The van der Waals surface area contributed by atoms with E-state index in [0.29, 0.717) is 5.56 Å². The number of rotatable bonds is 4. The summed E-state index contributed by atoms with van der Waals surface area (Å²) in [6, 6.07) is 9.78. The van der Waals surface area contributed by atoms with Gasteiger partial charge in [-0.05, 0) is 45.9 Å². The maximum absolute atomic E-state index is 12.2. The first kappa shape index (κ1) is 15.8. The normalized spacial score (nSPS) is 12.0. The third-order valence-electron chi connectivity index (χ3n) is 3.63. The van der Waals surface area contributed by atoms with E-state index in [1.165, 1.54) is 12.5 Å². The molecule has 0 bridgehead atoms. The van der Waals surface area contributed by atoms with Gasteiger partial charge in [0.25, 0.3) is 5.91 Å². The summed E-state index contributed by atoms with van der Waals surface area (Å²) >= 11 is 0. The van der Waals surface area contributed by atoms with Crippen molar-refractivity contribution < 1.29 is 14.3 Å². The summed E-state index contributed by atoms with van der Waals surface area (Å²) in [5.74, 6) is -1.21. The summed E-state index contributed by atoms with van der Waals surface area (Å²) in [4.78, 5) is 23.2. The highest BCUT2D eigenvalue weighted by Crippen LogP contribution is 2.22. The Morgan fingerprint density at radius 2 is 1.73 bits per heavy atom. The zero-order chi connectivity index (χ0) is 16.4. The summed E-state index contributed by atoms with van der Waals surface area (Å²) in [5.41, 5.74) is 9.38. The molecule has 0 radical (unpaired) electrons. The van der Waals surface area contributed by atoms with Crippen LogP contribution in [0.3, 0.4) is 0 Å². The molecule has 2 rings (SSSR count). The Bertz CT molecular complexity index is 714. The van der Waals surface area contributed by atoms with Gasteiger partial charge in [0.05, 0.1) is 5.56 Å². The fourth-order valence-corrected chi connectivity index (χ4v) is 2.34. The number of carbonyl (C=O) groups excluding carboxylic acids is 2. The van der Waals surface area contributed by atoms with E-state index in [2.05, 4.69) is 0 Å². The fourth-order valence-electron chi connectivity index (χ4n) is 2.34. The van der Waals surface area contributed by atoms with E-state index in [9.17, 15) is 9.59 Å². The number of hydrogen-bond acceptors (Lipinski definition) is 3. The van der Waals surface area contributed by atoms with Crippen LogP contribution in [0.4, 0.5) is 0 Å². The molecular formula is C17H20N2O3. The van der Waals surface area contributed by atoms with E-state index in [1.807, 2.05) is 49.6 Å². The Hall–Kier alpha value is -2.56. The summed E-state index contributed by atoms with van der Waals surface area (Å²) in [6.07, 6.45) is -0.949. The predicted molar refractivity (Wildman–Crippen MR) is 84.1 cm³/mol. The molecule has 0 saturated carbocycles. The number of primary amides is 1. The first-order chi connectivity index (χ1) is 10.3. The first-order valence-corrected chi connectivity index (χ1v) is 7.07. The number of nitrogens with two attached hydrogens (primary N) is 1. The van der Waals surface area contributed by atoms with Crippen LogP contribution in [0, 0.1) is 20.8 Å². The number of aryl methyl sites for hydroxylation is 2. The van der Waals surface area contributed by atoms with Crippen molar-refractivity contribution in [2.45, 2.75) is 33.8 Å². The molecule has 2 N–H and O–H groups in total. The lowest BCUT2D eigenvalue weighted by molar-refractivity contribution is -0.125. The number of benzene rings is 1. The largest absolute Gasteiger partial charge is 0.449 e. The highest BCUT2D eigenvalue weighted by Gasteiger charge is 2.21. The molecule has 5 nitrogen and oxygen atoms in total. The lowest BCUT2D eigenvalue weighted by Crippen LogP contribution is -2.30. The number of aromatic nitrogens is 1. The maximum atomic E-state index is 12.2. The molecule has 0 fully saturated rings. The first-order valence-electron chi connectivity index (χ1n) is 7.07. The van der Waals surface area contributed by atoms with Gasteiger partial charge in [0.2, 0.25) is 0 Å². The van der Waals surface area contributed by atoms with Gasteiger partial charge in [-0.1, -0.05) is 17.7 Å². The molecule has 0 saturated heterocycles. The Morgan fingerprint density at radius 1 is 1.14 bits per heavy atom. The smallest absolute Gasteiger partial charge is 0.340 e. The molecule has 0 aliphatic carbocycles. The standard InChI is InChI=1S/C17H20N2O3/c1-10-5-7-14(8-6-10)19-11(2)9-15(12(19)3)17(21)22-13(4)16(18)20/h5-9,13H,1-4H3,(H2,18,20)/t13-/m0/s1. The topological polar surface area (TPSA) is 74.3 Å².